The number of anilines is 2. The van der Waals surface area contributed by atoms with Crippen LogP contribution in [0.1, 0.15) is 21.5 Å². The van der Waals surface area contributed by atoms with Crippen LogP contribution in [0, 0.1) is 6.92 Å². The van der Waals surface area contributed by atoms with Crippen LogP contribution in [0.4, 0.5) is 11.4 Å². The second-order valence-corrected chi connectivity index (χ2v) is 8.22. The first-order valence-electron chi connectivity index (χ1n) is 8.97. The first-order chi connectivity index (χ1) is 13.9. The highest BCUT2D eigenvalue weighted by Gasteiger charge is 2.14. The number of carbonyl (C=O) groups is 1. The normalized spacial score (nSPS) is 11.1. The van der Waals surface area contributed by atoms with Crippen LogP contribution in [-0.2, 0) is 21.4 Å². The molecule has 0 saturated heterocycles. The molecule has 0 spiro atoms. The van der Waals surface area contributed by atoms with Crippen molar-refractivity contribution < 1.29 is 17.9 Å². The summed E-state index contributed by atoms with van der Waals surface area (Å²) in [5, 5.41) is 2.81. The van der Waals surface area contributed by atoms with Crippen molar-refractivity contribution in [2.45, 2.75) is 18.4 Å². The van der Waals surface area contributed by atoms with Gasteiger partial charge in [0.05, 0.1) is 11.5 Å². The zero-order valence-electron chi connectivity index (χ0n) is 16.2. The number of nitrogens with one attached hydrogen (secondary N) is 2. The van der Waals surface area contributed by atoms with E-state index < -0.39 is 10.0 Å². The standard InChI is InChI=1S/C22H22N2O4S/c1-16-7-13-20(14-8-16)29(26,27)24-19-11-9-18(10-12-19)23-22(25)21-6-4-3-5-17(21)15-28-2/h3-14,24H,15H2,1-2H3,(H,23,25). The van der Waals surface area contributed by atoms with Gasteiger partial charge in [-0.25, -0.2) is 8.42 Å². The van der Waals surface area contributed by atoms with Gasteiger partial charge >= 0.3 is 0 Å². The molecular weight excluding hydrogens is 388 g/mol. The van der Waals surface area contributed by atoms with Gasteiger partial charge in [-0.2, -0.15) is 0 Å². The molecule has 0 fully saturated rings. The van der Waals surface area contributed by atoms with Gasteiger partial charge < -0.3 is 10.1 Å². The number of hydrogen-bond acceptors (Lipinski definition) is 4. The van der Waals surface area contributed by atoms with Gasteiger partial charge in [-0.1, -0.05) is 35.9 Å². The number of rotatable bonds is 7. The van der Waals surface area contributed by atoms with Gasteiger partial charge in [-0.3, -0.25) is 9.52 Å². The molecule has 0 radical (unpaired) electrons. The maximum absolute atomic E-state index is 12.6. The molecule has 0 heterocycles. The molecular formula is C22H22N2O4S. The van der Waals surface area contributed by atoms with Crippen molar-refractivity contribution in [1.29, 1.82) is 0 Å². The van der Waals surface area contributed by atoms with Gasteiger partial charge in [0.2, 0.25) is 0 Å². The van der Waals surface area contributed by atoms with Crippen molar-refractivity contribution >= 4 is 27.3 Å². The third-order valence-corrected chi connectivity index (χ3v) is 5.69. The number of sulfonamides is 1. The average Bonchev–Trinajstić information content (AvgIpc) is 2.70. The maximum Gasteiger partial charge on any atom is 0.261 e. The number of carbonyl (C=O) groups excluding carboxylic acids is 1. The third kappa shape index (κ3) is 5.22. The van der Waals surface area contributed by atoms with E-state index in [1.165, 1.54) is 0 Å². The van der Waals surface area contributed by atoms with Crippen molar-refractivity contribution in [3.05, 3.63) is 89.5 Å². The SMILES string of the molecule is COCc1ccccc1C(=O)Nc1ccc(NS(=O)(=O)c2ccc(C)cc2)cc1. The Kier molecular flexibility index (Phi) is 6.31. The Hall–Kier alpha value is -3.16. The fraction of sp³-hybridized carbons (Fsp3) is 0.136. The van der Waals surface area contributed by atoms with Crippen LogP contribution in [-0.4, -0.2) is 21.4 Å². The van der Waals surface area contributed by atoms with Crippen LogP contribution in [0.15, 0.2) is 77.7 Å². The Morgan fingerprint density at radius 1 is 0.897 bits per heavy atom. The summed E-state index contributed by atoms with van der Waals surface area (Å²) in [4.78, 5) is 12.7. The maximum atomic E-state index is 12.6. The quantitative estimate of drug-likeness (QED) is 0.612. The summed E-state index contributed by atoms with van der Waals surface area (Å²) < 4.78 is 32.6. The number of benzene rings is 3. The van der Waals surface area contributed by atoms with E-state index in [4.69, 9.17) is 4.74 Å². The zero-order valence-corrected chi connectivity index (χ0v) is 17.0. The van der Waals surface area contributed by atoms with E-state index in [0.29, 0.717) is 23.5 Å². The molecule has 3 rings (SSSR count). The molecule has 7 heteroatoms. The van der Waals surface area contributed by atoms with E-state index in [9.17, 15) is 13.2 Å². The highest BCUT2D eigenvalue weighted by atomic mass is 32.2. The summed E-state index contributed by atoms with van der Waals surface area (Å²) in [5.74, 6) is -0.259. The topological polar surface area (TPSA) is 84.5 Å². The smallest absolute Gasteiger partial charge is 0.261 e. The number of amides is 1. The van der Waals surface area contributed by atoms with E-state index in [1.54, 1.807) is 67.8 Å². The predicted molar refractivity (Wildman–Crippen MR) is 114 cm³/mol. The van der Waals surface area contributed by atoms with Crippen molar-refractivity contribution in [2.24, 2.45) is 0 Å². The molecule has 3 aromatic carbocycles. The molecule has 6 nitrogen and oxygen atoms in total. The monoisotopic (exact) mass is 410 g/mol. The second kappa shape index (κ2) is 8.89. The zero-order chi connectivity index (χ0) is 20.9. The van der Waals surface area contributed by atoms with Crippen molar-refractivity contribution in [1.82, 2.24) is 0 Å². The fourth-order valence-electron chi connectivity index (χ4n) is 2.77. The van der Waals surface area contributed by atoms with Gasteiger partial charge in [0, 0.05) is 24.0 Å². The summed E-state index contributed by atoms with van der Waals surface area (Å²) in [6.45, 7) is 2.23. The summed E-state index contributed by atoms with van der Waals surface area (Å²) in [6, 6.07) is 20.3. The minimum atomic E-state index is -3.67. The lowest BCUT2D eigenvalue weighted by atomic mass is 10.1. The van der Waals surface area contributed by atoms with Crippen LogP contribution in [0.3, 0.4) is 0 Å². The Morgan fingerprint density at radius 3 is 2.17 bits per heavy atom. The van der Waals surface area contributed by atoms with Crippen LogP contribution < -0.4 is 10.0 Å². The molecule has 0 atom stereocenters. The lowest BCUT2D eigenvalue weighted by Crippen LogP contribution is -2.15. The van der Waals surface area contributed by atoms with Gasteiger partial charge in [-0.15, -0.1) is 0 Å². The van der Waals surface area contributed by atoms with Crippen LogP contribution in [0.25, 0.3) is 0 Å². The summed E-state index contributed by atoms with van der Waals surface area (Å²) in [5.41, 5.74) is 3.26. The number of aryl methyl sites for hydroxylation is 1. The van der Waals surface area contributed by atoms with Crippen molar-refractivity contribution in [3.8, 4) is 0 Å². The van der Waals surface area contributed by atoms with Crippen molar-refractivity contribution in [2.75, 3.05) is 17.1 Å². The fourth-order valence-corrected chi connectivity index (χ4v) is 3.83. The van der Waals surface area contributed by atoms with Gasteiger partial charge in [0.1, 0.15) is 0 Å². The first-order valence-corrected chi connectivity index (χ1v) is 10.4. The Morgan fingerprint density at radius 2 is 1.52 bits per heavy atom. The second-order valence-electron chi connectivity index (χ2n) is 6.54. The van der Waals surface area contributed by atoms with Gasteiger partial charge in [0.25, 0.3) is 15.9 Å². The molecule has 1 amide bonds. The number of methoxy groups -OCH3 is 1. The Bertz CT molecular complexity index is 1090. The van der Waals surface area contributed by atoms with E-state index in [0.717, 1.165) is 11.1 Å². The van der Waals surface area contributed by atoms with E-state index in [2.05, 4.69) is 10.0 Å². The number of hydrogen-bond donors (Lipinski definition) is 2. The molecule has 0 aliphatic rings. The van der Waals surface area contributed by atoms with Gasteiger partial charge in [0.15, 0.2) is 0 Å². The van der Waals surface area contributed by atoms with Crippen molar-refractivity contribution in [3.63, 3.8) is 0 Å². The van der Waals surface area contributed by atoms with E-state index in [1.807, 2.05) is 19.1 Å². The minimum absolute atomic E-state index is 0.190. The van der Waals surface area contributed by atoms with Gasteiger partial charge in [-0.05, 0) is 55.0 Å². The average molecular weight is 410 g/mol. The molecule has 0 aromatic heterocycles. The summed E-state index contributed by atoms with van der Waals surface area (Å²) in [6.07, 6.45) is 0. The molecule has 0 aliphatic carbocycles. The highest BCUT2D eigenvalue weighted by Crippen LogP contribution is 2.20. The molecule has 0 unspecified atom stereocenters. The van der Waals surface area contributed by atoms with E-state index >= 15 is 0 Å². The van der Waals surface area contributed by atoms with E-state index in [-0.39, 0.29) is 10.8 Å². The molecule has 3 aromatic rings. The Labute approximate surface area is 170 Å². The van der Waals surface area contributed by atoms with Crippen LogP contribution >= 0.6 is 0 Å². The Balaban J connectivity index is 1.70. The predicted octanol–water partition coefficient (Wildman–Crippen LogP) is 4.19. The summed E-state index contributed by atoms with van der Waals surface area (Å²) in [7, 11) is -2.10. The first kappa shape index (κ1) is 20.6. The van der Waals surface area contributed by atoms with Crippen LogP contribution in [0.5, 0.6) is 0 Å². The third-order valence-electron chi connectivity index (χ3n) is 4.29. The number of ether oxygens (including phenoxy) is 1. The molecule has 29 heavy (non-hydrogen) atoms. The molecule has 0 bridgehead atoms. The lowest BCUT2D eigenvalue weighted by Gasteiger charge is -2.11. The lowest BCUT2D eigenvalue weighted by molar-refractivity contribution is 0.102. The molecule has 150 valence electrons. The molecule has 0 saturated carbocycles. The molecule has 0 aliphatic heterocycles. The molecule has 2 N–H and O–H groups in total. The summed E-state index contributed by atoms with van der Waals surface area (Å²) >= 11 is 0. The minimum Gasteiger partial charge on any atom is -0.380 e. The highest BCUT2D eigenvalue weighted by molar-refractivity contribution is 7.92. The largest absolute Gasteiger partial charge is 0.380 e. The van der Waals surface area contributed by atoms with Crippen LogP contribution in [0.2, 0.25) is 0 Å².